The molecular formula is C21H40N6O3. The molecule has 2 atom stereocenters. The molecule has 2 rings (SSSR count). The second-order valence-electron chi connectivity index (χ2n) is 9.33. The van der Waals surface area contributed by atoms with Crippen molar-refractivity contribution in [1.82, 2.24) is 25.3 Å². The molecule has 30 heavy (non-hydrogen) atoms. The highest BCUT2D eigenvalue weighted by Crippen LogP contribution is 2.18. The van der Waals surface area contributed by atoms with Crippen molar-refractivity contribution in [1.29, 1.82) is 0 Å². The molecular weight excluding hydrogens is 384 g/mol. The van der Waals surface area contributed by atoms with Gasteiger partial charge >= 0.3 is 6.09 Å². The molecule has 2 fully saturated rings. The number of hydrogen-bond donors (Lipinski definition) is 2. The molecule has 0 aromatic heterocycles. The highest BCUT2D eigenvalue weighted by molar-refractivity contribution is 5.81. The smallest absolute Gasteiger partial charge is 0.407 e. The third kappa shape index (κ3) is 7.34. The van der Waals surface area contributed by atoms with Gasteiger partial charge in [0.2, 0.25) is 5.91 Å². The lowest BCUT2D eigenvalue weighted by Crippen LogP contribution is -2.45. The predicted molar refractivity (Wildman–Crippen MR) is 119 cm³/mol. The van der Waals surface area contributed by atoms with E-state index in [-0.39, 0.29) is 24.1 Å². The van der Waals surface area contributed by atoms with Crippen molar-refractivity contribution in [2.45, 2.75) is 64.1 Å². The minimum absolute atomic E-state index is 0.0255. The Labute approximate surface area is 181 Å². The molecule has 2 amide bonds. The fourth-order valence-corrected chi connectivity index (χ4v) is 4.03. The van der Waals surface area contributed by atoms with Gasteiger partial charge in [0.1, 0.15) is 5.60 Å². The van der Waals surface area contributed by atoms with Crippen LogP contribution in [0.4, 0.5) is 4.79 Å². The number of alkyl carbamates (subject to hydrolysis) is 1. The summed E-state index contributed by atoms with van der Waals surface area (Å²) in [6.07, 6.45) is 3.47. The Morgan fingerprint density at radius 2 is 1.93 bits per heavy atom. The van der Waals surface area contributed by atoms with Crippen molar-refractivity contribution in [3.05, 3.63) is 0 Å². The number of carbonyl (C=O) groups excluding carboxylic acids is 2. The van der Waals surface area contributed by atoms with Crippen LogP contribution in [0.5, 0.6) is 0 Å². The molecule has 2 aliphatic rings. The maximum Gasteiger partial charge on any atom is 0.407 e. The maximum atomic E-state index is 12.3. The Kier molecular flexibility index (Phi) is 8.76. The molecule has 0 saturated carbocycles. The van der Waals surface area contributed by atoms with Gasteiger partial charge in [-0.25, -0.2) is 4.79 Å². The molecule has 2 heterocycles. The average Bonchev–Trinajstić information content (AvgIpc) is 3.29. The highest BCUT2D eigenvalue weighted by atomic mass is 16.6. The number of carbonyl (C=O) groups is 2. The van der Waals surface area contributed by atoms with Gasteiger partial charge in [-0.1, -0.05) is 0 Å². The first-order valence-electron chi connectivity index (χ1n) is 11.0. The van der Waals surface area contributed by atoms with Gasteiger partial charge in [0.25, 0.3) is 0 Å². The van der Waals surface area contributed by atoms with Gasteiger partial charge < -0.3 is 25.2 Å². The van der Waals surface area contributed by atoms with Crippen LogP contribution in [0.25, 0.3) is 0 Å². The number of ether oxygens (including phenoxy) is 1. The standard InChI is InChI=1S/C21H40N6O3/c1-21(2,3)30-20(29)24-16-10-14-27(15-16)19(22-4)23-11-8-13-26-12-7-9-17(26)18(28)25(5)6/h16-17H,7-15H2,1-6H3,(H,22,23)(H,24,29). The molecule has 2 aliphatic heterocycles. The van der Waals surface area contributed by atoms with Crippen LogP contribution in [0.15, 0.2) is 4.99 Å². The van der Waals surface area contributed by atoms with Gasteiger partial charge in [0.15, 0.2) is 5.96 Å². The summed E-state index contributed by atoms with van der Waals surface area (Å²) in [5, 5.41) is 6.37. The molecule has 0 aromatic rings. The Balaban J connectivity index is 1.71. The Hall–Kier alpha value is -2.03. The van der Waals surface area contributed by atoms with Gasteiger partial charge in [0.05, 0.1) is 12.1 Å². The molecule has 0 spiro atoms. The van der Waals surface area contributed by atoms with E-state index in [9.17, 15) is 9.59 Å². The number of likely N-dealkylation sites (N-methyl/N-ethyl adjacent to an activating group) is 1. The van der Waals surface area contributed by atoms with Gasteiger partial charge in [0, 0.05) is 47.3 Å². The third-order valence-electron chi connectivity index (χ3n) is 5.42. The summed E-state index contributed by atoms with van der Waals surface area (Å²) in [7, 11) is 5.43. The van der Waals surface area contributed by atoms with Gasteiger partial charge in [-0.2, -0.15) is 0 Å². The second-order valence-corrected chi connectivity index (χ2v) is 9.33. The zero-order valence-electron chi connectivity index (χ0n) is 19.5. The molecule has 0 radical (unpaired) electrons. The van der Waals surface area contributed by atoms with E-state index in [1.807, 2.05) is 34.9 Å². The summed E-state index contributed by atoms with van der Waals surface area (Å²) in [5.41, 5.74) is -0.495. The van der Waals surface area contributed by atoms with Crippen molar-refractivity contribution >= 4 is 18.0 Å². The van der Waals surface area contributed by atoms with E-state index >= 15 is 0 Å². The van der Waals surface area contributed by atoms with Crippen LogP contribution < -0.4 is 10.6 Å². The van der Waals surface area contributed by atoms with Gasteiger partial charge in [-0.05, 0) is 53.0 Å². The van der Waals surface area contributed by atoms with E-state index in [1.165, 1.54) is 0 Å². The maximum absolute atomic E-state index is 12.3. The normalized spacial score (nSPS) is 22.9. The fourth-order valence-electron chi connectivity index (χ4n) is 4.03. The summed E-state index contributed by atoms with van der Waals surface area (Å²) >= 11 is 0. The predicted octanol–water partition coefficient (Wildman–Crippen LogP) is 1.10. The second kappa shape index (κ2) is 10.8. The minimum Gasteiger partial charge on any atom is -0.444 e. The monoisotopic (exact) mass is 424 g/mol. The first kappa shape index (κ1) is 24.2. The van der Waals surface area contributed by atoms with Crippen LogP contribution in [0.2, 0.25) is 0 Å². The van der Waals surface area contributed by atoms with Gasteiger partial charge in [-0.3, -0.25) is 14.7 Å². The van der Waals surface area contributed by atoms with Crippen LogP contribution in [0, 0.1) is 0 Å². The van der Waals surface area contributed by atoms with Crippen LogP contribution in [-0.4, -0.2) is 104 Å². The molecule has 172 valence electrons. The van der Waals surface area contributed by atoms with Crippen molar-refractivity contribution in [3.8, 4) is 0 Å². The lowest BCUT2D eigenvalue weighted by molar-refractivity contribution is -0.133. The van der Waals surface area contributed by atoms with E-state index < -0.39 is 5.60 Å². The van der Waals surface area contributed by atoms with E-state index in [4.69, 9.17) is 4.74 Å². The Bertz CT molecular complexity index is 616. The average molecular weight is 425 g/mol. The van der Waals surface area contributed by atoms with E-state index in [1.54, 1.807) is 11.9 Å². The Morgan fingerprint density at radius 3 is 2.57 bits per heavy atom. The molecule has 9 nitrogen and oxygen atoms in total. The SMILES string of the molecule is CN=C(NCCCN1CCCC1C(=O)N(C)C)N1CCC(NC(=O)OC(C)(C)C)C1. The summed E-state index contributed by atoms with van der Waals surface area (Å²) in [4.78, 5) is 34.8. The van der Waals surface area contributed by atoms with Crippen molar-refractivity contribution in [3.63, 3.8) is 0 Å². The molecule has 2 saturated heterocycles. The number of hydrogen-bond acceptors (Lipinski definition) is 5. The third-order valence-corrected chi connectivity index (χ3v) is 5.42. The largest absolute Gasteiger partial charge is 0.444 e. The zero-order chi connectivity index (χ0) is 22.3. The van der Waals surface area contributed by atoms with E-state index in [2.05, 4.69) is 25.4 Å². The fraction of sp³-hybridized carbons (Fsp3) is 0.857. The van der Waals surface area contributed by atoms with Crippen LogP contribution in [-0.2, 0) is 9.53 Å². The molecule has 9 heteroatoms. The molecule has 0 aliphatic carbocycles. The summed E-state index contributed by atoms with van der Waals surface area (Å²) in [6.45, 7) is 9.82. The molecule has 2 N–H and O–H groups in total. The number of nitrogens with one attached hydrogen (secondary N) is 2. The number of nitrogens with zero attached hydrogens (tertiary/aromatic N) is 4. The van der Waals surface area contributed by atoms with E-state index in [0.717, 1.165) is 57.8 Å². The van der Waals surface area contributed by atoms with Crippen LogP contribution in [0.3, 0.4) is 0 Å². The summed E-state index contributed by atoms with van der Waals surface area (Å²) in [5.74, 6) is 1.06. The molecule has 0 bridgehead atoms. The van der Waals surface area contributed by atoms with Gasteiger partial charge in [-0.15, -0.1) is 0 Å². The molecule has 0 aromatic carbocycles. The lowest BCUT2D eigenvalue weighted by Gasteiger charge is -2.26. The van der Waals surface area contributed by atoms with Crippen molar-refractivity contribution < 1.29 is 14.3 Å². The summed E-state index contributed by atoms with van der Waals surface area (Å²) in [6, 6.07) is 0.0818. The topological polar surface area (TPSA) is 89.5 Å². The quantitative estimate of drug-likeness (QED) is 0.377. The van der Waals surface area contributed by atoms with Crippen LogP contribution >= 0.6 is 0 Å². The number of rotatable bonds is 6. The first-order valence-corrected chi connectivity index (χ1v) is 11.0. The van der Waals surface area contributed by atoms with Crippen molar-refractivity contribution in [2.75, 3.05) is 53.9 Å². The summed E-state index contributed by atoms with van der Waals surface area (Å²) < 4.78 is 5.34. The van der Waals surface area contributed by atoms with Crippen LogP contribution in [0.1, 0.15) is 46.5 Å². The first-order chi connectivity index (χ1) is 14.1. The number of likely N-dealkylation sites (tertiary alicyclic amines) is 2. The zero-order valence-corrected chi connectivity index (χ0v) is 19.5. The lowest BCUT2D eigenvalue weighted by atomic mass is 10.2. The highest BCUT2D eigenvalue weighted by Gasteiger charge is 2.31. The number of aliphatic imine (C=N–C) groups is 1. The van der Waals surface area contributed by atoms with Crippen molar-refractivity contribution in [2.24, 2.45) is 4.99 Å². The minimum atomic E-state index is -0.495. The number of guanidine groups is 1. The molecule has 2 unspecified atom stereocenters. The van der Waals surface area contributed by atoms with E-state index in [0.29, 0.717) is 6.54 Å². The number of amides is 2. The Morgan fingerprint density at radius 1 is 1.20 bits per heavy atom.